The average Bonchev–Trinajstić information content (AvgIpc) is 3.68. The minimum atomic E-state index is 0.624. The van der Waals surface area contributed by atoms with E-state index in [4.69, 9.17) is 19.4 Å². The lowest BCUT2D eigenvalue weighted by atomic mass is 9.90. The highest BCUT2D eigenvalue weighted by Gasteiger charge is 2.22. The molecule has 10 aromatic carbocycles. The van der Waals surface area contributed by atoms with Crippen LogP contribution in [0.5, 0.6) is 0 Å². The first-order valence-corrected chi connectivity index (χ1v) is 19.9. The highest BCUT2D eigenvalue weighted by atomic mass is 16.3. The number of rotatable bonds is 5. The van der Waals surface area contributed by atoms with Crippen molar-refractivity contribution >= 4 is 65.0 Å². The Labute approximate surface area is 339 Å². The first-order valence-electron chi connectivity index (χ1n) is 19.9. The van der Waals surface area contributed by atoms with Crippen molar-refractivity contribution in [3.8, 4) is 56.4 Å². The molecular formula is C55H33N3O. The van der Waals surface area contributed by atoms with E-state index in [0.29, 0.717) is 17.5 Å². The molecule has 12 aromatic rings. The lowest BCUT2D eigenvalue weighted by Gasteiger charge is -2.15. The predicted octanol–water partition coefficient (Wildman–Crippen LogP) is 14.7. The summed E-state index contributed by atoms with van der Waals surface area (Å²) in [5.74, 6) is 1.89. The molecule has 0 aliphatic heterocycles. The van der Waals surface area contributed by atoms with Crippen molar-refractivity contribution in [1.29, 1.82) is 0 Å². The van der Waals surface area contributed by atoms with Gasteiger partial charge in [-0.05, 0) is 90.1 Å². The molecular weight excluding hydrogens is 719 g/mol. The molecule has 274 valence electrons. The molecule has 0 bridgehead atoms. The van der Waals surface area contributed by atoms with Gasteiger partial charge in [0.05, 0.1) is 0 Å². The van der Waals surface area contributed by atoms with E-state index in [0.717, 1.165) is 87.8 Å². The molecule has 0 fully saturated rings. The third-order valence-electron chi connectivity index (χ3n) is 11.7. The zero-order chi connectivity index (χ0) is 38.9. The van der Waals surface area contributed by atoms with E-state index in [2.05, 4.69) is 182 Å². The van der Waals surface area contributed by atoms with Crippen LogP contribution >= 0.6 is 0 Å². The zero-order valence-corrected chi connectivity index (χ0v) is 31.8. The summed E-state index contributed by atoms with van der Waals surface area (Å²) in [5, 5.41) is 11.3. The number of hydrogen-bond acceptors (Lipinski definition) is 4. The van der Waals surface area contributed by atoms with Gasteiger partial charge in [-0.1, -0.05) is 170 Å². The molecule has 0 N–H and O–H groups in total. The van der Waals surface area contributed by atoms with Gasteiger partial charge in [-0.2, -0.15) is 0 Å². The van der Waals surface area contributed by atoms with Crippen LogP contribution in [0.4, 0.5) is 0 Å². The molecule has 12 rings (SSSR count). The Morgan fingerprint density at radius 1 is 0.288 bits per heavy atom. The summed E-state index contributed by atoms with van der Waals surface area (Å²) in [6.07, 6.45) is 0. The first kappa shape index (κ1) is 33.2. The number of fused-ring (bicyclic) bond motifs is 8. The maximum absolute atomic E-state index is 6.85. The van der Waals surface area contributed by atoms with Crippen molar-refractivity contribution in [1.82, 2.24) is 15.0 Å². The summed E-state index contributed by atoms with van der Waals surface area (Å²) < 4.78 is 6.85. The van der Waals surface area contributed by atoms with Crippen molar-refractivity contribution in [2.24, 2.45) is 0 Å². The minimum absolute atomic E-state index is 0.624. The van der Waals surface area contributed by atoms with Gasteiger partial charge < -0.3 is 4.42 Å². The van der Waals surface area contributed by atoms with Crippen molar-refractivity contribution in [2.75, 3.05) is 0 Å². The fourth-order valence-corrected chi connectivity index (χ4v) is 8.94. The molecule has 59 heavy (non-hydrogen) atoms. The first-order chi connectivity index (χ1) is 29.2. The lowest BCUT2D eigenvalue weighted by molar-refractivity contribution is 0.670. The smallest absolute Gasteiger partial charge is 0.164 e. The SMILES string of the molecule is c1ccc(-c2nc(-c3ccc(-c4ccc(-c5ccccc5)c5oc6cc7ccccc7cc6c45)c4ccccc34)nc(-c3cc4ccccc4c4ccccc34)n2)cc1. The molecule has 0 amide bonds. The van der Waals surface area contributed by atoms with Crippen LogP contribution in [0.1, 0.15) is 0 Å². The molecule has 4 heteroatoms. The van der Waals surface area contributed by atoms with Gasteiger partial charge in [-0.15, -0.1) is 0 Å². The Hall–Kier alpha value is -7.95. The summed E-state index contributed by atoms with van der Waals surface area (Å²) in [7, 11) is 0. The van der Waals surface area contributed by atoms with E-state index in [1.54, 1.807) is 0 Å². The van der Waals surface area contributed by atoms with Crippen molar-refractivity contribution in [3.05, 3.63) is 200 Å². The maximum atomic E-state index is 6.85. The second-order valence-corrected chi connectivity index (χ2v) is 15.1. The van der Waals surface area contributed by atoms with E-state index in [1.807, 2.05) is 18.2 Å². The molecule has 2 aromatic heterocycles. The van der Waals surface area contributed by atoms with Crippen LogP contribution in [0.25, 0.3) is 121 Å². The van der Waals surface area contributed by atoms with Crippen LogP contribution in [0.2, 0.25) is 0 Å². The fourth-order valence-electron chi connectivity index (χ4n) is 8.94. The van der Waals surface area contributed by atoms with Crippen LogP contribution in [0, 0.1) is 0 Å². The second kappa shape index (κ2) is 13.3. The van der Waals surface area contributed by atoms with E-state index >= 15 is 0 Å². The number of furan rings is 1. The standard InChI is InChI=1S/C55H33N3O/c1-3-15-34(16-4-1)40-27-29-46(51-49-31-36-19-7-8-20-37(36)33-50(49)59-52(40)51)45-28-30-47(43-25-13-12-24-42(43)45)54-56-53(35-17-5-2-6-18-35)57-55(58-54)48-32-38-21-9-10-22-39(38)41-23-11-14-26-44(41)48/h1-33H. The topological polar surface area (TPSA) is 51.8 Å². The average molecular weight is 752 g/mol. The van der Waals surface area contributed by atoms with Crippen LogP contribution in [-0.4, -0.2) is 15.0 Å². The molecule has 0 saturated heterocycles. The summed E-state index contributed by atoms with van der Waals surface area (Å²) in [5.41, 5.74) is 9.01. The van der Waals surface area contributed by atoms with Crippen LogP contribution in [-0.2, 0) is 0 Å². The van der Waals surface area contributed by atoms with Crippen LogP contribution in [0.15, 0.2) is 205 Å². The summed E-state index contributed by atoms with van der Waals surface area (Å²) in [6.45, 7) is 0. The quantitative estimate of drug-likeness (QED) is 0.164. The largest absolute Gasteiger partial charge is 0.455 e. The molecule has 0 atom stereocenters. The van der Waals surface area contributed by atoms with Gasteiger partial charge in [0.1, 0.15) is 11.2 Å². The van der Waals surface area contributed by atoms with E-state index in [9.17, 15) is 0 Å². The zero-order valence-electron chi connectivity index (χ0n) is 31.8. The van der Waals surface area contributed by atoms with Gasteiger partial charge >= 0.3 is 0 Å². The summed E-state index contributed by atoms with van der Waals surface area (Å²) >= 11 is 0. The Bertz CT molecular complexity index is 3610. The van der Waals surface area contributed by atoms with Gasteiger partial charge in [-0.25, -0.2) is 15.0 Å². The van der Waals surface area contributed by atoms with E-state index in [-0.39, 0.29) is 0 Å². The van der Waals surface area contributed by atoms with Crippen molar-refractivity contribution < 1.29 is 4.42 Å². The van der Waals surface area contributed by atoms with Gasteiger partial charge in [-0.3, -0.25) is 0 Å². The second-order valence-electron chi connectivity index (χ2n) is 15.1. The monoisotopic (exact) mass is 751 g/mol. The molecule has 0 radical (unpaired) electrons. The number of hydrogen-bond donors (Lipinski definition) is 0. The van der Waals surface area contributed by atoms with E-state index in [1.165, 1.54) is 16.2 Å². The highest BCUT2D eigenvalue weighted by Crippen LogP contribution is 2.45. The molecule has 0 saturated carbocycles. The van der Waals surface area contributed by atoms with Gasteiger partial charge in [0, 0.05) is 33.0 Å². The molecule has 0 spiro atoms. The van der Waals surface area contributed by atoms with Crippen LogP contribution in [0.3, 0.4) is 0 Å². The van der Waals surface area contributed by atoms with Gasteiger partial charge in [0.15, 0.2) is 17.5 Å². The summed E-state index contributed by atoms with van der Waals surface area (Å²) in [4.78, 5) is 15.7. The number of nitrogens with zero attached hydrogens (tertiary/aromatic N) is 3. The Morgan fingerprint density at radius 2 is 0.780 bits per heavy atom. The Morgan fingerprint density at radius 3 is 1.51 bits per heavy atom. The number of aromatic nitrogens is 3. The molecule has 0 aliphatic rings. The van der Waals surface area contributed by atoms with E-state index < -0.39 is 0 Å². The minimum Gasteiger partial charge on any atom is -0.455 e. The maximum Gasteiger partial charge on any atom is 0.164 e. The van der Waals surface area contributed by atoms with Crippen LogP contribution < -0.4 is 0 Å². The number of benzene rings is 10. The van der Waals surface area contributed by atoms with Gasteiger partial charge in [0.25, 0.3) is 0 Å². The predicted molar refractivity (Wildman–Crippen MR) is 244 cm³/mol. The Kier molecular flexibility index (Phi) is 7.50. The molecule has 2 heterocycles. The molecule has 0 aliphatic carbocycles. The molecule has 4 nitrogen and oxygen atoms in total. The van der Waals surface area contributed by atoms with Gasteiger partial charge in [0.2, 0.25) is 0 Å². The lowest BCUT2D eigenvalue weighted by Crippen LogP contribution is -2.01. The third kappa shape index (κ3) is 5.42. The Balaban J connectivity index is 1.11. The normalized spacial score (nSPS) is 11.7. The highest BCUT2D eigenvalue weighted by molar-refractivity contribution is 6.21. The van der Waals surface area contributed by atoms with Crippen molar-refractivity contribution in [2.45, 2.75) is 0 Å². The third-order valence-corrected chi connectivity index (χ3v) is 11.7. The fraction of sp³-hybridized carbons (Fsp3) is 0. The molecule has 0 unspecified atom stereocenters. The summed E-state index contributed by atoms with van der Waals surface area (Å²) in [6, 6.07) is 70.4. The van der Waals surface area contributed by atoms with Crippen molar-refractivity contribution in [3.63, 3.8) is 0 Å².